The number of thioether (sulfide) groups is 1. The molecular formula is C28H36ClN3O4S. The molecule has 1 aromatic carbocycles. The molecule has 1 aromatic heterocycles. The summed E-state index contributed by atoms with van der Waals surface area (Å²) in [5, 5.41) is 3.25. The van der Waals surface area contributed by atoms with Crippen LogP contribution in [-0.4, -0.2) is 47.5 Å². The number of ether oxygens (including phenoxy) is 2. The number of hydrogen-bond donors (Lipinski definition) is 2. The molecule has 1 amide bonds. The summed E-state index contributed by atoms with van der Waals surface area (Å²) < 4.78 is 12.8. The van der Waals surface area contributed by atoms with E-state index in [9.17, 15) is 9.59 Å². The Morgan fingerprint density at radius 2 is 1.89 bits per heavy atom. The number of rotatable bonds is 7. The maximum absolute atomic E-state index is 13.2. The highest BCUT2D eigenvalue weighted by Crippen LogP contribution is 2.51. The molecule has 0 bridgehead atoms. The number of aryl methyl sites for hydroxylation is 1. The van der Waals surface area contributed by atoms with Gasteiger partial charge in [0.05, 0.1) is 5.02 Å². The van der Waals surface area contributed by atoms with Crippen LogP contribution < -0.4 is 20.3 Å². The Morgan fingerprint density at radius 3 is 2.54 bits per heavy atom. The van der Waals surface area contributed by atoms with Gasteiger partial charge in [-0.1, -0.05) is 18.0 Å². The van der Waals surface area contributed by atoms with Crippen molar-refractivity contribution in [3.8, 4) is 11.5 Å². The molecule has 2 fully saturated rings. The molecule has 2 N–H and O–H groups in total. The summed E-state index contributed by atoms with van der Waals surface area (Å²) in [5.41, 5.74) is 2.23. The highest BCUT2D eigenvalue weighted by Gasteiger charge is 2.47. The maximum Gasteiger partial charge on any atom is 0.254 e. The zero-order valence-corrected chi connectivity index (χ0v) is 23.6. The van der Waals surface area contributed by atoms with E-state index in [2.05, 4.69) is 15.2 Å². The minimum atomic E-state index is -0.809. The van der Waals surface area contributed by atoms with E-state index >= 15 is 0 Å². The number of amides is 1. The van der Waals surface area contributed by atoms with E-state index in [4.69, 9.17) is 21.1 Å². The van der Waals surface area contributed by atoms with Crippen molar-refractivity contribution < 1.29 is 14.3 Å². The van der Waals surface area contributed by atoms with Gasteiger partial charge in [0.1, 0.15) is 0 Å². The van der Waals surface area contributed by atoms with Crippen LogP contribution >= 0.6 is 23.4 Å². The summed E-state index contributed by atoms with van der Waals surface area (Å²) in [6.07, 6.45) is 8.03. The lowest BCUT2D eigenvalue weighted by molar-refractivity contribution is -0.125. The Morgan fingerprint density at radius 1 is 1.19 bits per heavy atom. The van der Waals surface area contributed by atoms with Crippen molar-refractivity contribution in [3.05, 3.63) is 49.9 Å². The molecule has 200 valence electrons. The molecule has 2 aromatic rings. The molecular weight excluding hydrogens is 510 g/mol. The molecule has 1 atom stereocenters. The number of pyridine rings is 1. The summed E-state index contributed by atoms with van der Waals surface area (Å²) in [6, 6.07) is 3.55. The first-order valence-corrected chi connectivity index (χ1v) is 14.8. The number of hydrogen-bond acceptors (Lipinski definition) is 6. The van der Waals surface area contributed by atoms with E-state index in [1.165, 1.54) is 37.6 Å². The van der Waals surface area contributed by atoms with Crippen molar-refractivity contribution in [2.75, 3.05) is 25.9 Å². The molecule has 1 saturated carbocycles. The largest absolute Gasteiger partial charge is 0.448 e. The number of halogens is 1. The molecule has 0 spiro atoms. The number of carbonyl (C=O) groups excluding carboxylic acids is 1. The molecule has 1 saturated heterocycles. The predicted molar refractivity (Wildman–Crippen MR) is 147 cm³/mol. The molecule has 1 aliphatic carbocycles. The van der Waals surface area contributed by atoms with Gasteiger partial charge in [0, 0.05) is 53.2 Å². The average Bonchev–Trinajstić information content (AvgIpc) is 3.22. The van der Waals surface area contributed by atoms with Crippen LogP contribution in [0.5, 0.6) is 11.5 Å². The topological polar surface area (TPSA) is 83.7 Å². The van der Waals surface area contributed by atoms with E-state index < -0.39 is 5.79 Å². The van der Waals surface area contributed by atoms with E-state index in [1.54, 1.807) is 6.07 Å². The smallest absolute Gasteiger partial charge is 0.254 e. The van der Waals surface area contributed by atoms with Crippen LogP contribution in [0.4, 0.5) is 0 Å². The number of likely N-dealkylation sites (tertiary alicyclic amines) is 1. The fourth-order valence-corrected chi connectivity index (χ4v) is 6.67. The van der Waals surface area contributed by atoms with E-state index in [-0.39, 0.29) is 23.9 Å². The molecule has 0 radical (unpaired) electrons. The highest BCUT2D eigenvalue weighted by atomic mass is 35.5. The Balaban J connectivity index is 1.28. The Kier molecular flexibility index (Phi) is 7.53. The molecule has 3 heterocycles. The molecule has 3 aliphatic rings. The molecule has 0 unspecified atom stereocenters. The van der Waals surface area contributed by atoms with Crippen molar-refractivity contribution in [3.63, 3.8) is 0 Å². The Bertz CT molecular complexity index is 1250. The van der Waals surface area contributed by atoms with Crippen LogP contribution in [0.3, 0.4) is 0 Å². The van der Waals surface area contributed by atoms with Crippen LogP contribution in [0.2, 0.25) is 5.02 Å². The number of aromatic amines is 1. The fraction of sp³-hybridized carbons (Fsp3) is 0.571. The SMILES string of the molecule is CSc1cc(C)[nH]c(=O)c1CNC(=O)c1cc(Cl)c2c(c1C)O[C@@](C)(C1CCN(CC3CCC3)CC1)O2. The average molecular weight is 546 g/mol. The number of carbonyl (C=O) groups is 1. The third kappa shape index (κ3) is 5.25. The first-order valence-electron chi connectivity index (χ1n) is 13.2. The lowest BCUT2D eigenvalue weighted by atomic mass is 9.83. The van der Waals surface area contributed by atoms with E-state index in [0.717, 1.165) is 42.4 Å². The highest BCUT2D eigenvalue weighted by molar-refractivity contribution is 7.98. The van der Waals surface area contributed by atoms with Gasteiger partial charge >= 0.3 is 0 Å². The van der Waals surface area contributed by atoms with Crippen molar-refractivity contribution in [1.82, 2.24) is 15.2 Å². The summed E-state index contributed by atoms with van der Waals surface area (Å²) in [5.74, 6) is 1.04. The zero-order chi connectivity index (χ0) is 26.3. The van der Waals surface area contributed by atoms with Crippen molar-refractivity contribution in [2.24, 2.45) is 11.8 Å². The summed E-state index contributed by atoms with van der Waals surface area (Å²) in [6.45, 7) is 9.12. The summed E-state index contributed by atoms with van der Waals surface area (Å²) >= 11 is 8.10. The quantitative estimate of drug-likeness (QED) is 0.460. The van der Waals surface area contributed by atoms with Gasteiger partial charge in [-0.25, -0.2) is 0 Å². The molecule has 9 heteroatoms. The van der Waals surface area contributed by atoms with Crippen molar-refractivity contribution in [1.29, 1.82) is 0 Å². The minimum Gasteiger partial charge on any atom is -0.448 e. The number of nitrogens with one attached hydrogen (secondary N) is 2. The van der Waals surface area contributed by atoms with Crippen LogP contribution in [0.25, 0.3) is 0 Å². The van der Waals surface area contributed by atoms with Gasteiger partial charge in [-0.2, -0.15) is 0 Å². The van der Waals surface area contributed by atoms with E-state index in [1.807, 2.05) is 33.1 Å². The number of nitrogens with zero attached hydrogens (tertiary/aromatic N) is 1. The van der Waals surface area contributed by atoms with Gasteiger partial charge in [0.2, 0.25) is 0 Å². The molecule has 5 rings (SSSR count). The number of aromatic nitrogens is 1. The standard InChI is InChI=1S/C28H36ClN3O4S/c1-16-12-23(37-4)21(27(34)31-16)14-30-26(33)20-13-22(29)25-24(17(20)2)35-28(3,36-25)19-8-10-32(11-9-19)15-18-6-5-7-18/h12-13,18-19H,5-11,14-15H2,1-4H3,(H,30,33)(H,31,34)/t28-/m1/s1. The fourth-order valence-electron chi connectivity index (χ4n) is 5.73. The van der Waals surface area contributed by atoms with Gasteiger partial charge in [0.15, 0.2) is 11.5 Å². The first-order chi connectivity index (χ1) is 17.7. The minimum absolute atomic E-state index is 0.118. The predicted octanol–water partition coefficient (Wildman–Crippen LogP) is 5.30. The first kappa shape index (κ1) is 26.4. The monoisotopic (exact) mass is 545 g/mol. The Hall–Kier alpha value is -2.16. The maximum atomic E-state index is 13.2. The number of H-pyrrole nitrogens is 1. The second kappa shape index (κ2) is 10.5. The normalized spacial score (nSPS) is 22.2. The second-order valence-corrected chi connectivity index (χ2v) is 12.0. The van der Waals surface area contributed by atoms with Gasteiger partial charge in [-0.05, 0) is 76.9 Å². The molecule has 37 heavy (non-hydrogen) atoms. The van der Waals surface area contributed by atoms with Crippen LogP contribution in [0.15, 0.2) is 21.8 Å². The lowest BCUT2D eigenvalue weighted by Crippen LogP contribution is -2.49. The molecule has 2 aliphatic heterocycles. The lowest BCUT2D eigenvalue weighted by Gasteiger charge is -2.40. The third-order valence-corrected chi connectivity index (χ3v) is 9.32. The van der Waals surface area contributed by atoms with Crippen LogP contribution in [0.1, 0.15) is 66.2 Å². The third-order valence-electron chi connectivity index (χ3n) is 8.24. The van der Waals surface area contributed by atoms with Crippen LogP contribution in [0, 0.1) is 25.7 Å². The number of piperidine rings is 1. The van der Waals surface area contributed by atoms with Crippen molar-refractivity contribution in [2.45, 2.75) is 70.1 Å². The van der Waals surface area contributed by atoms with Gasteiger partial charge in [0.25, 0.3) is 17.3 Å². The second-order valence-electron chi connectivity index (χ2n) is 10.8. The number of fused-ring (bicyclic) bond motifs is 1. The van der Waals surface area contributed by atoms with Crippen molar-refractivity contribution >= 4 is 29.3 Å². The van der Waals surface area contributed by atoms with Gasteiger partial charge < -0.3 is 24.7 Å². The summed E-state index contributed by atoms with van der Waals surface area (Å²) in [4.78, 5) is 31.9. The van der Waals surface area contributed by atoms with Gasteiger partial charge in [-0.15, -0.1) is 11.8 Å². The Labute approximate surface area is 227 Å². The van der Waals surface area contributed by atoms with Crippen LogP contribution in [-0.2, 0) is 6.54 Å². The summed E-state index contributed by atoms with van der Waals surface area (Å²) in [7, 11) is 0. The number of benzene rings is 1. The van der Waals surface area contributed by atoms with Gasteiger partial charge in [-0.3, -0.25) is 9.59 Å². The molecule has 7 nitrogen and oxygen atoms in total. The zero-order valence-electron chi connectivity index (χ0n) is 22.0. The van der Waals surface area contributed by atoms with E-state index in [0.29, 0.717) is 33.2 Å².